The molecule has 0 aliphatic heterocycles. The largest absolute Gasteiger partial charge is 0.329 e. The average Bonchev–Trinajstić information content (AvgIpc) is 2.67. The third kappa shape index (κ3) is 5.09. The Morgan fingerprint density at radius 2 is 1.83 bits per heavy atom. The molecule has 2 aromatic carbocycles. The lowest BCUT2D eigenvalue weighted by Gasteiger charge is -2.22. The highest BCUT2D eigenvalue weighted by Gasteiger charge is 2.22. The number of carbonyl (C=O) groups is 2. The molecule has 0 saturated carbocycles. The standard InChI is InChI=1S/C19H18F3N3O4/c1-3-8-24(19(27)12-4-7-15(25(28)29)11(2)9-12)10-16(26)23-14-6-5-13(20)17(21)18(14)22/h4-7,9H,3,8,10H2,1-2H3,(H,23,26). The normalized spacial score (nSPS) is 10.5. The molecule has 0 saturated heterocycles. The minimum atomic E-state index is -1.72. The van der Waals surface area contributed by atoms with E-state index >= 15 is 0 Å². The van der Waals surface area contributed by atoms with Crippen molar-refractivity contribution >= 4 is 23.2 Å². The van der Waals surface area contributed by atoms with E-state index in [1.165, 1.54) is 30.0 Å². The van der Waals surface area contributed by atoms with Crippen LogP contribution in [0.4, 0.5) is 24.5 Å². The van der Waals surface area contributed by atoms with Gasteiger partial charge in [-0.15, -0.1) is 0 Å². The van der Waals surface area contributed by atoms with Crippen molar-refractivity contribution in [3.8, 4) is 0 Å². The van der Waals surface area contributed by atoms with Crippen LogP contribution in [-0.2, 0) is 4.79 Å². The van der Waals surface area contributed by atoms with Gasteiger partial charge in [0.2, 0.25) is 5.91 Å². The van der Waals surface area contributed by atoms with Crippen LogP contribution in [0, 0.1) is 34.5 Å². The maximum absolute atomic E-state index is 13.7. The van der Waals surface area contributed by atoms with Crippen molar-refractivity contribution in [2.45, 2.75) is 20.3 Å². The number of nitrogens with one attached hydrogen (secondary N) is 1. The van der Waals surface area contributed by atoms with Crippen LogP contribution in [0.2, 0.25) is 0 Å². The molecular formula is C19H18F3N3O4. The van der Waals surface area contributed by atoms with Gasteiger partial charge >= 0.3 is 0 Å². The summed E-state index contributed by atoms with van der Waals surface area (Å²) in [6.07, 6.45) is 0.504. The van der Waals surface area contributed by atoms with E-state index in [2.05, 4.69) is 5.32 Å². The molecule has 29 heavy (non-hydrogen) atoms. The van der Waals surface area contributed by atoms with E-state index in [-0.39, 0.29) is 23.4 Å². The maximum atomic E-state index is 13.7. The molecule has 0 bridgehead atoms. The number of nitro benzene ring substituents is 1. The molecular weight excluding hydrogens is 391 g/mol. The fourth-order valence-electron chi connectivity index (χ4n) is 2.68. The number of hydrogen-bond acceptors (Lipinski definition) is 4. The van der Waals surface area contributed by atoms with Gasteiger partial charge in [-0.25, -0.2) is 13.2 Å². The van der Waals surface area contributed by atoms with Crippen LogP contribution in [0.15, 0.2) is 30.3 Å². The van der Waals surface area contributed by atoms with E-state index in [0.717, 1.165) is 6.07 Å². The molecule has 2 amide bonds. The highest BCUT2D eigenvalue weighted by Crippen LogP contribution is 2.21. The van der Waals surface area contributed by atoms with Gasteiger partial charge in [0.05, 0.1) is 10.6 Å². The molecule has 2 aromatic rings. The summed E-state index contributed by atoms with van der Waals surface area (Å²) in [5.74, 6) is -6.01. The van der Waals surface area contributed by atoms with Gasteiger partial charge in [-0.05, 0) is 37.6 Å². The Morgan fingerprint density at radius 3 is 2.41 bits per heavy atom. The maximum Gasteiger partial charge on any atom is 0.272 e. The van der Waals surface area contributed by atoms with E-state index in [4.69, 9.17) is 0 Å². The van der Waals surface area contributed by atoms with Crippen molar-refractivity contribution in [2.75, 3.05) is 18.4 Å². The summed E-state index contributed by atoms with van der Waals surface area (Å²) in [6, 6.07) is 5.36. The topological polar surface area (TPSA) is 92.6 Å². The molecule has 0 atom stereocenters. The van der Waals surface area contributed by atoms with Gasteiger partial charge in [0, 0.05) is 23.7 Å². The Morgan fingerprint density at radius 1 is 1.14 bits per heavy atom. The molecule has 0 aliphatic carbocycles. The number of aryl methyl sites for hydroxylation is 1. The molecule has 0 fully saturated rings. The molecule has 1 N–H and O–H groups in total. The molecule has 0 spiro atoms. The number of hydrogen-bond donors (Lipinski definition) is 1. The number of nitro groups is 1. The highest BCUT2D eigenvalue weighted by atomic mass is 19.2. The summed E-state index contributed by atoms with van der Waals surface area (Å²) >= 11 is 0. The zero-order valence-corrected chi connectivity index (χ0v) is 15.7. The molecule has 0 heterocycles. The Bertz CT molecular complexity index is 966. The minimum absolute atomic E-state index is 0.143. The number of halogens is 3. The summed E-state index contributed by atoms with van der Waals surface area (Å²) in [6.45, 7) is 2.97. The number of benzene rings is 2. The van der Waals surface area contributed by atoms with Crippen molar-refractivity contribution in [2.24, 2.45) is 0 Å². The van der Waals surface area contributed by atoms with Crippen LogP contribution >= 0.6 is 0 Å². The molecule has 7 nitrogen and oxygen atoms in total. The van der Waals surface area contributed by atoms with Crippen LogP contribution < -0.4 is 5.32 Å². The first-order valence-electron chi connectivity index (χ1n) is 8.63. The van der Waals surface area contributed by atoms with E-state index in [1.54, 1.807) is 6.92 Å². The third-order valence-corrected chi connectivity index (χ3v) is 4.06. The van der Waals surface area contributed by atoms with Crippen LogP contribution in [0.5, 0.6) is 0 Å². The SMILES string of the molecule is CCCN(CC(=O)Nc1ccc(F)c(F)c1F)C(=O)c1ccc([N+](=O)[O-])c(C)c1. The molecule has 2 rings (SSSR count). The average molecular weight is 409 g/mol. The van der Waals surface area contributed by atoms with Crippen molar-refractivity contribution in [3.63, 3.8) is 0 Å². The first-order valence-corrected chi connectivity index (χ1v) is 8.63. The van der Waals surface area contributed by atoms with E-state index in [1.807, 2.05) is 0 Å². The molecule has 0 unspecified atom stereocenters. The summed E-state index contributed by atoms with van der Waals surface area (Å²) in [5, 5.41) is 13.0. The lowest BCUT2D eigenvalue weighted by molar-refractivity contribution is -0.385. The molecule has 0 aromatic heterocycles. The van der Waals surface area contributed by atoms with Crippen molar-refractivity contribution in [1.29, 1.82) is 0 Å². The van der Waals surface area contributed by atoms with E-state index < -0.39 is 46.4 Å². The van der Waals surface area contributed by atoms with Gasteiger partial charge in [-0.3, -0.25) is 19.7 Å². The lowest BCUT2D eigenvalue weighted by Crippen LogP contribution is -2.38. The first-order chi connectivity index (χ1) is 13.6. The number of nitrogens with zero attached hydrogens (tertiary/aromatic N) is 2. The highest BCUT2D eigenvalue weighted by molar-refractivity contribution is 5.99. The fraction of sp³-hybridized carbons (Fsp3) is 0.263. The predicted octanol–water partition coefficient (Wildman–Crippen LogP) is 3.81. The van der Waals surface area contributed by atoms with Crippen LogP contribution in [-0.4, -0.2) is 34.7 Å². The molecule has 154 valence electrons. The number of amides is 2. The zero-order chi connectivity index (χ0) is 21.7. The Kier molecular flexibility index (Phi) is 6.92. The molecule has 0 aliphatic rings. The number of anilines is 1. The van der Waals surface area contributed by atoms with Gasteiger partial charge in [0.25, 0.3) is 11.6 Å². The van der Waals surface area contributed by atoms with Gasteiger partial charge in [0.1, 0.15) is 6.54 Å². The first kappa shape index (κ1) is 21.9. The van der Waals surface area contributed by atoms with Crippen molar-refractivity contribution in [3.05, 3.63) is 69.0 Å². The quantitative estimate of drug-likeness (QED) is 0.428. The third-order valence-electron chi connectivity index (χ3n) is 4.06. The Hall–Kier alpha value is -3.43. The molecule has 0 radical (unpaired) electrons. The monoisotopic (exact) mass is 409 g/mol. The second kappa shape index (κ2) is 9.18. The summed E-state index contributed by atoms with van der Waals surface area (Å²) in [5.41, 5.74) is -0.266. The summed E-state index contributed by atoms with van der Waals surface area (Å²) in [7, 11) is 0. The van der Waals surface area contributed by atoms with Crippen LogP contribution in [0.1, 0.15) is 29.3 Å². The Balaban J connectivity index is 2.18. The van der Waals surface area contributed by atoms with Gasteiger partial charge < -0.3 is 10.2 Å². The number of carbonyl (C=O) groups excluding carboxylic acids is 2. The smallest absolute Gasteiger partial charge is 0.272 e. The summed E-state index contributed by atoms with van der Waals surface area (Å²) in [4.78, 5) is 36.4. The van der Waals surface area contributed by atoms with Gasteiger partial charge in [-0.2, -0.15) is 0 Å². The zero-order valence-electron chi connectivity index (χ0n) is 15.7. The predicted molar refractivity (Wildman–Crippen MR) is 99.0 cm³/mol. The second-order valence-corrected chi connectivity index (χ2v) is 6.26. The second-order valence-electron chi connectivity index (χ2n) is 6.26. The minimum Gasteiger partial charge on any atom is -0.329 e. The Labute approximate surface area is 164 Å². The van der Waals surface area contributed by atoms with Crippen LogP contribution in [0.3, 0.4) is 0 Å². The summed E-state index contributed by atoms with van der Waals surface area (Å²) < 4.78 is 40.0. The van der Waals surface area contributed by atoms with E-state index in [0.29, 0.717) is 12.5 Å². The molecule has 10 heteroatoms. The van der Waals surface area contributed by atoms with Gasteiger partial charge in [-0.1, -0.05) is 6.92 Å². The lowest BCUT2D eigenvalue weighted by atomic mass is 10.1. The van der Waals surface area contributed by atoms with Crippen molar-refractivity contribution < 1.29 is 27.7 Å². The van der Waals surface area contributed by atoms with Gasteiger partial charge in [0.15, 0.2) is 17.5 Å². The number of rotatable bonds is 7. The van der Waals surface area contributed by atoms with Crippen molar-refractivity contribution in [1.82, 2.24) is 4.90 Å². The van der Waals surface area contributed by atoms with E-state index in [9.17, 15) is 32.9 Å². The fourth-order valence-corrected chi connectivity index (χ4v) is 2.68. The van der Waals surface area contributed by atoms with Crippen LogP contribution in [0.25, 0.3) is 0 Å².